The number of methoxy groups -OCH3 is 5. The molecule has 2 aromatic heterocycles. The maximum absolute atomic E-state index is 14.0. The number of hydrogen-bond donors (Lipinski definition) is 1. The molecule has 1 N–H and O–H groups in total. The zero-order valence-electron chi connectivity index (χ0n) is 27.3. The minimum Gasteiger partial charge on any atom is -0.496 e. The summed E-state index contributed by atoms with van der Waals surface area (Å²) < 4.78 is 40.7. The smallest absolute Gasteiger partial charge is 0.270 e. The summed E-state index contributed by atoms with van der Waals surface area (Å²) in [4.78, 5) is 34.0. The zero-order valence-corrected chi connectivity index (χ0v) is 29.7. The van der Waals surface area contributed by atoms with E-state index in [4.69, 9.17) is 32.8 Å². The number of H-pyrrole nitrogens is 1. The van der Waals surface area contributed by atoms with E-state index < -0.39 is 11.0 Å². The molecule has 0 aliphatic carbocycles. The molecule has 0 atom stereocenters. The molecule has 0 aliphatic rings. The number of nitriles is 1. The third-order valence-corrected chi connectivity index (χ3v) is 8.86. The minimum absolute atomic E-state index is 0.0188. The first-order chi connectivity index (χ1) is 23.8. The summed E-state index contributed by atoms with van der Waals surface area (Å²) in [5.41, 5.74) is 0.668. The van der Waals surface area contributed by atoms with Crippen molar-refractivity contribution >= 4 is 38.7 Å². The van der Waals surface area contributed by atoms with E-state index in [-0.39, 0.29) is 40.4 Å². The molecule has 2 heterocycles. The van der Waals surface area contributed by atoms with Gasteiger partial charge < -0.3 is 37.8 Å². The number of fused-ring (bicyclic) bond motifs is 1. The van der Waals surface area contributed by atoms with Crippen molar-refractivity contribution in [3.05, 3.63) is 79.1 Å². The fourth-order valence-electron chi connectivity index (χ4n) is 5.07. The number of aromatic nitrogens is 2. The molecule has 0 fully saturated rings. The molecule has 0 aliphatic heterocycles. The van der Waals surface area contributed by atoms with Crippen LogP contribution in [0.1, 0.15) is 18.4 Å². The first kappa shape index (κ1) is 35.2. The Kier molecular flexibility index (Phi) is 11.4. The number of hydrogen-bond acceptors (Lipinski definition) is 12. The third-order valence-electron chi connectivity index (χ3n) is 7.40. The Labute approximate surface area is 294 Å². The molecule has 0 saturated heterocycles. The molecule has 0 spiro atoms. The highest BCUT2D eigenvalue weighted by Gasteiger charge is 2.24. The summed E-state index contributed by atoms with van der Waals surface area (Å²) >= 11 is 4.77. The predicted octanol–water partition coefficient (Wildman–Crippen LogP) is 6.84. The quantitative estimate of drug-likeness (QED) is 0.0718. The molecular formula is C35H32BrN3O9S. The van der Waals surface area contributed by atoms with E-state index in [1.54, 1.807) is 36.4 Å². The van der Waals surface area contributed by atoms with Gasteiger partial charge in [0, 0.05) is 33.5 Å². The molecule has 254 valence electrons. The van der Waals surface area contributed by atoms with Crippen LogP contribution in [0.3, 0.4) is 0 Å². The number of aromatic amines is 1. The van der Waals surface area contributed by atoms with Crippen molar-refractivity contribution in [2.24, 2.45) is 0 Å². The molecule has 0 radical (unpaired) electrons. The lowest BCUT2D eigenvalue weighted by Crippen LogP contribution is -2.15. The molecule has 0 bridgehead atoms. The van der Waals surface area contributed by atoms with Gasteiger partial charge in [-0.25, -0.2) is 4.98 Å². The monoisotopic (exact) mass is 749 g/mol. The predicted molar refractivity (Wildman–Crippen MR) is 189 cm³/mol. The largest absolute Gasteiger partial charge is 0.496 e. The van der Waals surface area contributed by atoms with Crippen molar-refractivity contribution < 1.29 is 32.8 Å². The van der Waals surface area contributed by atoms with Gasteiger partial charge in [-0.15, -0.1) is 0 Å². The maximum atomic E-state index is 14.0. The topological polar surface area (TPSA) is 155 Å². The van der Waals surface area contributed by atoms with Crippen LogP contribution in [-0.4, -0.2) is 57.9 Å². The highest BCUT2D eigenvalue weighted by Crippen LogP contribution is 2.44. The molecule has 14 heteroatoms. The Bertz CT molecular complexity index is 2140. The lowest BCUT2D eigenvalue weighted by Gasteiger charge is -2.17. The van der Waals surface area contributed by atoms with Crippen LogP contribution in [0, 0.1) is 11.3 Å². The highest BCUT2D eigenvalue weighted by atomic mass is 79.9. The van der Waals surface area contributed by atoms with E-state index in [1.165, 1.54) is 47.3 Å². The van der Waals surface area contributed by atoms with E-state index >= 15 is 0 Å². The Morgan fingerprint density at radius 1 is 0.878 bits per heavy atom. The molecule has 0 unspecified atom stereocenters. The fourth-order valence-corrected chi connectivity index (χ4v) is 6.33. The number of nitrogens with zero attached hydrogens (tertiary/aromatic N) is 2. The van der Waals surface area contributed by atoms with Gasteiger partial charge >= 0.3 is 0 Å². The molecule has 12 nitrogen and oxygen atoms in total. The van der Waals surface area contributed by atoms with E-state index in [9.17, 15) is 14.9 Å². The fraction of sp³-hybridized carbons (Fsp3) is 0.257. The number of benzene rings is 3. The van der Waals surface area contributed by atoms with Crippen LogP contribution in [0.25, 0.3) is 33.6 Å². The average Bonchev–Trinajstić information content (AvgIpc) is 3.12. The van der Waals surface area contributed by atoms with Crippen molar-refractivity contribution in [2.45, 2.75) is 18.0 Å². The van der Waals surface area contributed by atoms with Crippen LogP contribution in [0.2, 0.25) is 0 Å². The number of thioether (sulfide) groups is 1. The second-order valence-electron chi connectivity index (χ2n) is 10.3. The lowest BCUT2D eigenvalue weighted by atomic mass is 10.1. The van der Waals surface area contributed by atoms with Crippen molar-refractivity contribution in [2.75, 3.05) is 47.9 Å². The molecule has 49 heavy (non-hydrogen) atoms. The number of halogens is 1. The number of nitrogens with one attached hydrogen (secondary N) is 1. The Morgan fingerprint density at radius 3 is 2.24 bits per heavy atom. The average molecular weight is 751 g/mol. The van der Waals surface area contributed by atoms with Crippen LogP contribution >= 0.6 is 27.7 Å². The van der Waals surface area contributed by atoms with Gasteiger partial charge in [0.25, 0.3) is 5.56 Å². The molecule has 0 saturated carbocycles. The number of rotatable bonds is 14. The first-order valence-corrected chi connectivity index (χ1v) is 16.6. The van der Waals surface area contributed by atoms with Gasteiger partial charge in [0.05, 0.1) is 47.8 Å². The van der Waals surface area contributed by atoms with Gasteiger partial charge in [-0.1, -0.05) is 39.8 Å². The van der Waals surface area contributed by atoms with Crippen LogP contribution in [0.5, 0.6) is 34.5 Å². The van der Waals surface area contributed by atoms with Crippen molar-refractivity contribution in [1.29, 1.82) is 5.26 Å². The van der Waals surface area contributed by atoms with Crippen LogP contribution in [-0.2, 0) is 0 Å². The van der Waals surface area contributed by atoms with E-state index in [2.05, 4.69) is 25.9 Å². The molecule has 3 aromatic carbocycles. The standard InChI is InChI=1S/C35H32BrN3O9S/c1-42-22-16-24(43-2)28-25(17-22)48-31(20-14-26(44-3)32(46-5)27(15-20)45-4)33(30(28)40)47-11-6-7-12-49-35-38-29(23(18-37)34(41)39-35)19-9-8-10-21(36)13-19/h8-10,13-17H,6-7,11-12H2,1-5H3,(H,38,39,41). The van der Waals surface area contributed by atoms with Gasteiger partial charge in [-0.2, -0.15) is 5.26 Å². The lowest BCUT2D eigenvalue weighted by molar-refractivity contribution is 0.301. The van der Waals surface area contributed by atoms with Gasteiger partial charge in [0.2, 0.25) is 16.9 Å². The normalized spacial score (nSPS) is 10.8. The Balaban J connectivity index is 1.40. The molecular weight excluding hydrogens is 718 g/mol. The minimum atomic E-state index is -0.506. The summed E-state index contributed by atoms with van der Waals surface area (Å²) in [5.74, 6) is 2.53. The summed E-state index contributed by atoms with van der Waals surface area (Å²) in [7, 11) is 7.44. The summed E-state index contributed by atoms with van der Waals surface area (Å²) in [6.07, 6.45) is 1.21. The van der Waals surface area contributed by atoms with Gasteiger partial charge in [0.1, 0.15) is 34.1 Å². The second-order valence-corrected chi connectivity index (χ2v) is 12.3. The van der Waals surface area contributed by atoms with E-state index in [1.807, 2.05) is 18.2 Å². The summed E-state index contributed by atoms with van der Waals surface area (Å²) in [6, 6.07) is 15.8. The van der Waals surface area contributed by atoms with Crippen LogP contribution in [0.15, 0.2) is 72.2 Å². The van der Waals surface area contributed by atoms with Crippen LogP contribution < -0.4 is 39.4 Å². The third kappa shape index (κ3) is 7.48. The summed E-state index contributed by atoms with van der Waals surface area (Å²) in [5, 5.41) is 10.2. The second kappa shape index (κ2) is 15.8. The highest BCUT2D eigenvalue weighted by molar-refractivity contribution is 9.10. The van der Waals surface area contributed by atoms with Gasteiger partial charge in [-0.3, -0.25) is 9.59 Å². The molecule has 0 amide bonds. The Hall–Kier alpha value is -5.13. The van der Waals surface area contributed by atoms with Crippen molar-refractivity contribution in [1.82, 2.24) is 9.97 Å². The van der Waals surface area contributed by atoms with E-state index in [0.29, 0.717) is 63.6 Å². The van der Waals surface area contributed by atoms with Crippen molar-refractivity contribution in [3.63, 3.8) is 0 Å². The van der Waals surface area contributed by atoms with Gasteiger partial charge in [0.15, 0.2) is 22.4 Å². The summed E-state index contributed by atoms with van der Waals surface area (Å²) in [6.45, 7) is 0.174. The first-order valence-electron chi connectivity index (χ1n) is 14.9. The zero-order chi connectivity index (χ0) is 35.1. The van der Waals surface area contributed by atoms with Crippen molar-refractivity contribution in [3.8, 4) is 63.1 Å². The van der Waals surface area contributed by atoms with E-state index in [0.717, 1.165) is 4.47 Å². The molecule has 5 aromatic rings. The SMILES string of the molecule is COc1cc(OC)c2c(=O)c(OCCCCSc3nc(-c4cccc(Br)c4)c(C#N)c(=O)[nH]3)c(-c3cc(OC)c(OC)c(OC)c3)oc2c1. The molecule has 5 rings (SSSR count). The van der Waals surface area contributed by atoms with Gasteiger partial charge in [-0.05, 0) is 37.1 Å². The Morgan fingerprint density at radius 2 is 1.61 bits per heavy atom. The number of unbranched alkanes of at least 4 members (excludes halogenated alkanes) is 1. The maximum Gasteiger partial charge on any atom is 0.270 e. The number of ether oxygens (including phenoxy) is 6. The van der Waals surface area contributed by atoms with Crippen LogP contribution in [0.4, 0.5) is 0 Å².